The zero-order valence-corrected chi connectivity index (χ0v) is 10.3. The molecule has 0 amide bonds. The van der Waals surface area contributed by atoms with E-state index in [1.54, 1.807) is 4.68 Å². The Labute approximate surface area is 94.6 Å². The third-order valence-corrected chi connectivity index (χ3v) is 3.97. The van der Waals surface area contributed by atoms with Crippen LogP contribution in [0.5, 0.6) is 0 Å². The zero-order valence-electron chi connectivity index (χ0n) is 9.48. The SMILES string of the molecule is CC(C)(C)n1nc2c(c1C#N)CS(=O)(=O)C2. The molecule has 1 aliphatic heterocycles. The average molecular weight is 239 g/mol. The minimum atomic E-state index is -3.08. The van der Waals surface area contributed by atoms with Gasteiger partial charge >= 0.3 is 0 Å². The molecular weight excluding hydrogens is 226 g/mol. The summed E-state index contributed by atoms with van der Waals surface area (Å²) in [5, 5.41) is 13.3. The van der Waals surface area contributed by atoms with Gasteiger partial charge in [-0.1, -0.05) is 0 Å². The fourth-order valence-corrected chi connectivity index (χ4v) is 3.34. The molecule has 0 radical (unpaired) electrons. The van der Waals surface area contributed by atoms with Crippen molar-refractivity contribution in [3.63, 3.8) is 0 Å². The third kappa shape index (κ3) is 1.61. The second kappa shape index (κ2) is 3.08. The fourth-order valence-electron chi connectivity index (χ4n) is 1.84. The standard InChI is InChI=1S/C10H13N3O2S/c1-10(2,3)13-9(4-11)7-5-16(14,15)6-8(7)12-13/h5-6H2,1-3H3. The number of sulfone groups is 1. The van der Waals surface area contributed by atoms with Gasteiger partial charge in [0, 0.05) is 5.56 Å². The smallest absolute Gasteiger partial charge is 0.160 e. The normalized spacial score (nSPS) is 18.1. The van der Waals surface area contributed by atoms with E-state index in [1.807, 2.05) is 20.8 Å². The monoisotopic (exact) mass is 239 g/mol. The van der Waals surface area contributed by atoms with Crippen LogP contribution in [0.1, 0.15) is 37.7 Å². The van der Waals surface area contributed by atoms with Gasteiger partial charge < -0.3 is 0 Å². The van der Waals surface area contributed by atoms with Crippen LogP contribution in [0, 0.1) is 11.3 Å². The summed E-state index contributed by atoms with van der Waals surface area (Å²) in [4.78, 5) is 0. The van der Waals surface area contributed by atoms with E-state index in [2.05, 4.69) is 11.2 Å². The topological polar surface area (TPSA) is 75.8 Å². The van der Waals surface area contributed by atoms with Crippen molar-refractivity contribution in [1.82, 2.24) is 9.78 Å². The first-order valence-electron chi connectivity index (χ1n) is 4.96. The zero-order chi connectivity index (χ0) is 12.1. The van der Waals surface area contributed by atoms with Gasteiger partial charge in [-0.05, 0) is 20.8 Å². The Morgan fingerprint density at radius 2 is 2.00 bits per heavy atom. The highest BCUT2D eigenvalue weighted by Gasteiger charge is 2.34. The predicted octanol–water partition coefficient (Wildman–Crippen LogP) is 0.938. The molecule has 0 atom stereocenters. The van der Waals surface area contributed by atoms with E-state index in [9.17, 15) is 8.42 Å². The minimum Gasteiger partial charge on any atom is -0.249 e. The van der Waals surface area contributed by atoms with Crippen LogP contribution in [0.2, 0.25) is 0 Å². The molecule has 5 nitrogen and oxygen atoms in total. The van der Waals surface area contributed by atoms with Gasteiger partial charge in [0.1, 0.15) is 11.8 Å². The second-order valence-corrected chi connectivity index (χ2v) is 7.07. The lowest BCUT2D eigenvalue weighted by atomic mass is 10.1. The summed E-state index contributed by atoms with van der Waals surface area (Å²) in [6.07, 6.45) is 0. The molecule has 0 fully saturated rings. The number of aromatic nitrogens is 2. The molecule has 0 aliphatic carbocycles. The fraction of sp³-hybridized carbons (Fsp3) is 0.600. The molecule has 2 heterocycles. The molecule has 16 heavy (non-hydrogen) atoms. The largest absolute Gasteiger partial charge is 0.249 e. The molecule has 1 aromatic rings. The third-order valence-electron chi connectivity index (χ3n) is 2.53. The van der Waals surface area contributed by atoms with Crippen molar-refractivity contribution >= 4 is 9.84 Å². The number of hydrogen-bond acceptors (Lipinski definition) is 4. The van der Waals surface area contributed by atoms with Crippen molar-refractivity contribution in [3.05, 3.63) is 17.0 Å². The Morgan fingerprint density at radius 1 is 1.38 bits per heavy atom. The molecule has 0 N–H and O–H groups in total. The Kier molecular flexibility index (Phi) is 2.14. The van der Waals surface area contributed by atoms with Gasteiger partial charge in [-0.3, -0.25) is 0 Å². The Bertz CT molecular complexity index is 585. The Morgan fingerprint density at radius 3 is 2.50 bits per heavy atom. The summed E-state index contributed by atoms with van der Waals surface area (Å²) in [5.74, 6) is -0.0958. The number of nitrogens with zero attached hydrogens (tertiary/aromatic N) is 3. The van der Waals surface area contributed by atoms with Crippen molar-refractivity contribution in [2.45, 2.75) is 37.8 Å². The summed E-state index contributed by atoms with van der Waals surface area (Å²) >= 11 is 0. The van der Waals surface area contributed by atoms with Crippen molar-refractivity contribution in [2.75, 3.05) is 0 Å². The van der Waals surface area contributed by atoms with Gasteiger partial charge in [0.25, 0.3) is 0 Å². The summed E-state index contributed by atoms with van der Waals surface area (Å²) in [6.45, 7) is 5.81. The van der Waals surface area contributed by atoms with Crippen LogP contribution in [0.4, 0.5) is 0 Å². The van der Waals surface area contributed by atoms with Crippen LogP contribution in [-0.2, 0) is 26.9 Å². The number of fused-ring (bicyclic) bond motifs is 1. The molecule has 6 heteroatoms. The second-order valence-electron chi connectivity index (χ2n) is 5.00. The van der Waals surface area contributed by atoms with E-state index in [4.69, 9.17) is 5.26 Å². The lowest BCUT2D eigenvalue weighted by Crippen LogP contribution is -2.25. The Balaban J connectivity index is 2.63. The highest BCUT2D eigenvalue weighted by atomic mass is 32.2. The van der Waals surface area contributed by atoms with E-state index in [0.29, 0.717) is 17.0 Å². The van der Waals surface area contributed by atoms with Crippen LogP contribution in [0.25, 0.3) is 0 Å². The number of rotatable bonds is 0. The maximum atomic E-state index is 11.4. The van der Waals surface area contributed by atoms with E-state index in [0.717, 1.165) is 0 Å². The van der Waals surface area contributed by atoms with Gasteiger partial charge in [-0.25, -0.2) is 13.1 Å². The van der Waals surface area contributed by atoms with E-state index in [-0.39, 0.29) is 17.0 Å². The molecule has 0 aromatic carbocycles. The molecule has 2 rings (SSSR count). The van der Waals surface area contributed by atoms with E-state index in [1.165, 1.54) is 0 Å². The van der Waals surface area contributed by atoms with Gasteiger partial charge in [-0.2, -0.15) is 10.4 Å². The average Bonchev–Trinajstić information content (AvgIpc) is 2.54. The van der Waals surface area contributed by atoms with E-state index >= 15 is 0 Å². The molecule has 0 bridgehead atoms. The highest BCUT2D eigenvalue weighted by molar-refractivity contribution is 7.90. The molecule has 0 unspecified atom stereocenters. The molecule has 0 saturated heterocycles. The summed E-state index contributed by atoms with van der Waals surface area (Å²) < 4.78 is 24.5. The molecule has 0 saturated carbocycles. The molecular formula is C10H13N3O2S. The van der Waals surface area contributed by atoms with Crippen molar-refractivity contribution < 1.29 is 8.42 Å². The van der Waals surface area contributed by atoms with Crippen LogP contribution in [0.3, 0.4) is 0 Å². The summed E-state index contributed by atoms with van der Waals surface area (Å²) in [5.41, 5.74) is 1.19. The van der Waals surface area contributed by atoms with Crippen molar-refractivity contribution in [3.8, 4) is 6.07 Å². The van der Waals surface area contributed by atoms with Crippen LogP contribution in [0.15, 0.2) is 0 Å². The summed E-state index contributed by atoms with van der Waals surface area (Å²) in [7, 11) is -3.08. The quantitative estimate of drug-likeness (QED) is 0.675. The molecule has 0 spiro atoms. The molecule has 86 valence electrons. The van der Waals surface area contributed by atoms with E-state index < -0.39 is 9.84 Å². The van der Waals surface area contributed by atoms with Crippen molar-refractivity contribution in [2.24, 2.45) is 0 Å². The first kappa shape index (κ1) is 11.1. The highest BCUT2D eigenvalue weighted by Crippen LogP contribution is 2.30. The van der Waals surface area contributed by atoms with Crippen LogP contribution < -0.4 is 0 Å². The molecule has 1 aromatic heterocycles. The van der Waals surface area contributed by atoms with Crippen LogP contribution in [-0.4, -0.2) is 18.2 Å². The Hall–Kier alpha value is -1.35. The first-order valence-corrected chi connectivity index (χ1v) is 6.78. The number of nitriles is 1. The van der Waals surface area contributed by atoms with Crippen molar-refractivity contribution in [1.29, 1.82) is 5.26 Å². The summed E-state index contributed by atoms with van der Waals surface area (Å²) in [6, 6.07) is 2.06. The lowest BCUT2D eigenvalue weighted by Gasteiger charge is -2.20. The van der Waals surface area contributed by atoms with Gasteiger partial charge in [0.05, 0.1) is 22.7 Å². The van der Waals surface area contributed by atoms with Crippen LogP contribution >= 0.6 is 0 Å². The maximum absolute atomic E-state index is 11.4. The minimum absolute atomic E-state index is 0.0416. The molecule has 1 aliphatic rings. The maximum Gasteiger partial charge on any atom is 0.160 e. The number of hydrogen-bond donors (Lipinski definition) is 0. The first-order chi connectivity index (χ1) is 7.24. The predicted molar refractivity (Wildman–Crippen MR) is 58.3 cm³/mol. The van der Waals surface area contributed by atoms with Gasteiger partial charge in [-0.15, -0.1) is 0 Å². The van der Waals surface area contributed by atoms with Gasteiger partial charge in [0.15, 0.2) is 9.84 Å². The van der Waals surface area contributed by atoms with Gasteiger partial charge in [0.2, 0.25) is 0 Å². The lowest BCUT2D eigenvalue weighted by molar-refractivity contribution is 0.350.